The van der Waals surface area contributed by atoms with Gasteiger partial charge in [-0.1, -0.05) is 60.7 Å². The van der Waals surface area contributed by atoms with Crippen LogP contribution >= 0.6 is 0 Å². The summed E-state index contributed by atoms with van der Waals surface area (Å²) in [4.78, 5) is 37.8. The topological polar surface area (TPSA) is 175 Å². The normalized spacial score (nSPS) is 11.3. The lowest BCUT2D eigenvalue weighted by atomic mass is 10.2. The van der Waals surface area contributed by atoms with Gasteiger partial charge in [-0.25, -0.2) is 0 Å². The summed E-state index contributed by atoms with van der Waals surface area (Å²) in [6.07, 6.45) is 0. The van der Waals surface area contributed by atoms with Crippen LogP contribution in [0.3, 0.4) is 0 Å². The number of carbonyl (C=O) groups excluding carboxylic acids is 2. The third-order valence-corrected chi connectivity index (χ3v) is 8.53. The smallest absolute Gasteiger partial charge is 0.341 e. The van der Waals surface area contributed by atoms with E-state index in [1.165, 1.54) is 72.8 Å². The molecule has 0 saturated carbocycles. The van der Waals surface area contributed by atoms with Crippen molar-refractivity contribution in [3.8, 4) is 11.5 Å². The van der Waals surface area contributed by atoms with Crippen LogP contribution < -0.4 is 24.4 Å². The van der Waals surface area contributed by atoms with Crippen LogP contribution in [0.1, 0.15) is 21.1 Å². The van der Waals surface area contributed by atoms with Gasteiger partial charge in [-0.3, -0.25) is 14.4 Å². The number of anilines is 2. The molecule has 0 spiro atoms. The van der Waals surface area contributed by atoms with E-state index in [1.54, 1.807) is 36.4 Å². The highest BCUT2D eigenvalue weighted by Crippen LogP contribution is 2.27. The molecule has 1 heterocycles. The molecule has 0 aliphatic carbocycles. The van der Waals surface area contributed by atoms with E-state index in [2.05, 4.69) is 10.6 Å². The molecule has 0 aliphatic heterocycles. The van der Waals surface area contributed by atoms with Crippen molar-refractivity contribution in [1.82, 2.24) is 0 Å². The fourth-order valence-electron chi connectivity index (χ4n) is 3.94. The van der Waals surface area contributed by atoms with Gasteiger partial charge >= 0.3 is 20.2 Å². The molecule has 0 fully saturated rings. The molecular weight excluding hydrogens is 624 g/mol. The molecule has 45 heavy (non-hydrogen) atoms. The van der Waals surface area contributed by atoms with Crippen molar-refractivity contribution in [2.45, 2.75) is 9.79 Å². The van der Waals surface area contributed by atoms with Crippen molar-refractivity contribution in [2.75, 3.05) is 10.6 Å². The Bertz CT molecular complexity index is 2000. The first-order chi connectivity index (χ1) is 21.5. The van der Waals surface area contributed by atoms with Crippen LogP contribution in [-0.2, 0) is 20.2 Å². The second kappa shape index (κ2) is 12.9. The Morgan fingerprint density at radius 1 is 0.533 bits per heavy atom. The second-order valence-corrected chi connectivity index (χ2v) is 12.2. The van der Waals surface area contributed by atoms with Gasteiger partial charge in [-0.15, -0.1) is 0 Å². The van der Waals surface area contributed by atoms with E-state index in [9.17, 15) is 31.2 Å². The van der Waals surface area contributed by atoms with Crippen LogP contribution in [0.4, 0.5) is 11.4 Å². The molecule has 228 valence electrons. The van der Waals surface area contributed by atoms with Crippen LogP contribution in [0.5, 0.6) is 11.5 Å². The molecule has 0 unspecified atom stereocenters. The molecule has 12 nitrogen and oxygen atoms in total. The van der Waals surface area contributed by atoms with Gasteiger partial charge in [-0.2, -0.15) is 16.8 Å². The molecular formula is C31H22N2O10S2. The Labute approximate surface area is 257 Å². The standard InChI is InChI=1S/C31H22N2O10S2/c34-21-19-26(30(35)32-24-15-7-9-17-28(24)44(37,38)42-22-11-3-1-4-12-22)41-27(20-21)31(36)33-25-16-8-10-18-29(25)45(39,40)43-23-13-5-2-6-14-23/h1-20H,(H,32,35)(H,33,36). The maximum Gasteiger partial charge on any atom is 0.341 e. The van der Waals surface area contributed by atoms with E-state index in [0.717, 1.165) is 12.1 Å². The maximum absolute atomic E-state index is 13.1. The first-order valence-electron chi connectivity index (χ1n) is 13.0. The van der Waals surface area contributed by atoms with Crippen molar-refractivity contribution in [2.24, 2.45) is 0 Å². The first kappa shape index (κ1) is 30.7. The lowest BCUT2D eigenvalue weighted by molar-refractivity contribution is 0.0967. The number of carbonyl (C=O) groups is 2. The fourth-order valence-corrected chi connectivity index (χ4v) is 6.12. The Morgan fingerprint density at radius 2 is 0.889 bits per heavy atom. The van der Waals surface area contributed by atoms with Crippen molar-refractivity contribution < 1.29 is 39.2 Å². The average molecular weight is 647 g/mol. The lowest BCUT2D eigenvalue weighted by Crippen LogP contribution is -2.21. The van der Waals surface area contributed by atoms with Crippen LogP contribution in [-0.4, -0.2) is 28.6 Å². The molecule has 0 saturated heterocycles. The number of rotatable bonds is 10. The molecule has 0 radical (unpaired) electrons. The summed E-state index contributed by atoms with van der Waals surface area (Å²) in [6.45, 7) is 0. The highest BCUT2D eigenvalue weighted by atomic mass is 32.2. The van der Waals surface area contributed by atoms with Gasteiger partial charge in [-0.05, 0) is 48.5 Å². The van der Waals surface area contributed by atoms with Crippen molar-refractivity contribution in [3.05, 3.63) is 143 Å². The van der Waals surface area contributed by atoms with Crippen LogP contribution in [0, 0.1) is 0 Å². The quantitative estimate of drug-likeness (QED) is 0.203. The highest BCUT2D eigenvalue weighted by Gasteiger charge is 2.25. The van der Waals surface area contributed by atoms with Crippen LogP contribution in [0.25, 0.3) is 0 Å². The molecule has 0 atom stereocenters. The number of nitrogens with one attached hydrogen (secondary N) is 2. The van der Waals surface area contributed by atoms with Gasteiger partial charge in [0.2, 0.25) is 0 Å². The Kier molecular flexibility index (Phi) is 8.79. The number of amides is 2. The monoisotopic (exact) mass is 646 g/mol. The number of hydrogen-bond acceptors (Lipinski definition) is 10. The minimum absolute atomic E-state index is 0.0457. The molecule has 14 heteroatoms. The van der Waals surface area contributed by atoms with Crippen LogP contribution in [0.15, 0.2) is 140 Å². The number of benzene rings is 4. The van der Waals surface area contributed by atoms with Gasteiger partial charge in [0.15, 0.2) is 16.9 Å². The summed E-state index contributed by atoms with van der Waals surface area (Å²) < 4.78 is 67.5. The summed E-state index contributed by atoms with van der Waals surface area (Å²) in [5, 5.41) is 4.71. The van der Waals surface area contributed by atoms with Crippen molar-refractivity contribution >= 4 is 43.4 Å². The lowest BCUT2D eigenvalue weighted by Gasteiger charge is -2.13. The highest BCUT2D eigenvalue weighted by molar-refractivity contribution is 7.87. The molecule has 2 N–H and O–H groups in total. The Morgan fingerprint density at radius 3 is 1.29 bits per heavy atom. The predicted molar refractivity (Wildman–Crippen MR) is 162 cm³/mol. The van der Waals surface area contributed by atoms with E-state index < -0.39 is 49.0 Å². The molecule has 0 aliphatic rings. The Hall–Kier alpha value is -5.73. The van der Waals surface area contributed by atoms with Gasteiger partial charge in [0.05, 0.1) is 11.4 Å². The minimum atomic E-state index is -4.40. The third-order valence-electron chi connectivity index (χ3n) is 5.92. The summed E-state index contributed by atoms with van der Waals surface area (Å²) in [7, 11) is -8.81. The largest absolute Gasteiger partial charge is 0.445 e. The average Bonchev–Trinajstić information content (AvgIpc) is 3.01. The third kappa shape index (κ3) is 7.44. The zero-order valence-electron chi connectivity index (χ0n) is 22.9. The molecule has 5 rings (SSSR count). The molecule has 1 aromatic heterocycles. The molecule has 0 bridgehead atoms. The van der Waals surface area contributed by atoms with Crippen molar-refractivity contribution in [3.63, 3.8) is 0 Å². The zero-order chi connectivity index (χ0) is 32.0. The summed E-state index contributed by atoms with van der Waals surface area (Å²) in [6, 6.07) is 27.8. The fraction of sp³-hybridized carbons (Fsp3) is 0. The minimum Gasteiger partial charge on any atom is -0.445 e. The van der Waals surface area contributed by atoms with Crippen molar-refractivity contribution in [1.29, 1.82) is 0 Å². The molecule has 2 amide bonds. The van der Waals surface area contributed by atoms with E-state index in [0.29, 0.717) is 0 Å². The van der Waals surface area contributed by atoms with E-state index in [4.69, 9.17) is 12.8 Å². The van der Waals surface area contributed by atoms with Crippen LogP contribution in [0.2, 0.25) is 0 Å². The molecule has 5 aromatic rings. The van der Waals surface area contributed by atoms with Gasteiger partial charge in [0.25, 0.3) is 11.8 Å². The van der Waals surface area contributed by atoms with Gasteiger partial charge < -0.3 is 23.4 Å². The van der Waals surface area contributed by atoms with E-state index >= 15 is 0 Å². The maximum atomic E-state index is 13.1. The van der Waals surface area contributed by atoms with E-state index in [1.807, 2.05) is 0 Å². The number of hydrogen-bond donors (Lipinski definition) is 2. The van der Waals surface area contributed by atoms with E-state index in [-0.39, 0.29) is 32.7 Å². The zero-order valence-corrected chi connectivity index (χ0v) is 24.6. The summed E-state index contributed by atoms with van der Waals surface area (Å²) >= 11 is 0. The van der Waals surface area contributed by atoms with Gasteiger partial charge in [0, 0.05) is 12.1 Å². The predicted octanol–water partition coefficient (Wildman–Crippen LogP) is 4.68. The van der Waals surface area contributed by atoms with Gasteiger partial charge in [0.1, 0.15) is 21.3 Å². The second-order valence-electron chi connectivity index (χ2n) is 9.12. The summed E-state index contributed by atoms with van der Waals surface area (Å²) in [5.74, 6) is -3.27. The first-order valence-corrected chi connectivity index (χ1v) is 15.8. The summed E-state index contributed by atoms with van der Waals surface area (Å²) in [5.41, 5.74) is -1.17. The molecule has 4 aromatic carbocycles. The number of para-hydroxylation sites is 4. The SMILES string of the molecule is O=C(Nc1ccccc1S(=O)(=O)Oc1ccccc1)c1cc(=O)cc(C(=O)Nc2ccccc2S(=O)(=O)Oc2ccccc2)o1. The Balaban J connectivity index is 1.37.